The molecule has 7 rings (SSSR count). The van der Waals surface area contributed by atoms with Gasteiger partial charge in [-0.2, -0.15) is 0 Å². The van der Waals surface area contributed by atoms with Crippen LogP contribution in [-0.2, 0) is 0 Å². The zero-order valence-corrected chi connectivity index (χ0v) is 23.6. The maximum absolute atomic E-state index is 14.5. The Hall–Kier alpha value is -6.12. The normalized spacial score (nSPS) is 10.8. The predicted molar refractivity (Wildman–Crippen MR) is 177 cm³/mol. The minimum Gasteiger partial charge on any atom is -0.308 e. The van der Waals surface area contributed by atoms with Crippen LogP contribution in [0.2, 0.25) is 0 Å². The molecule has 44 heavy (non-hydrogen) atoms. The van der Waals surface area contributed by atoms with E-state index in [1.165, 1.54) is 6.07 Å². The predicted octanol–water partition coefficient (Wildman–Crippen LogP) is 10.8. The van der Waals surface area contributed by atoms with Crippen LogP contribution in [0.25, 0.3) is 49.5 Å². The van der Waals surface area contributed by atoms with Gasteiger partial charge in [0.25, 0.3) is 0 Å². The summed E-state index contributed by atoms with van der Waals surface area (Å²) in [7, 11) is 0. The third-order valence-electron chi connectivity index (χ3n) is 7.54. The second kappa shape index (κ2) is 11.6. The molecule has 208 valence electrons. The molecule has 0 atom stereocenters. The van der Waals surface area contributed by atoms with Crippen molar-refractivity contribution in [1.29, 1.82) is 0 Å². The SMILES string of the molecule is [C-]#[N+]c1ccc(N(c2ccccc2-c2cccc(F)c2)c2cccc3c(-c4ccccc4)nc(-c4ccccc4)nc23)cc1. The lowest BCUT2D eigenvalue weighted by atomic mass is 10.0. The van der Waals surface area contributed by atoms with Crippen LogP contribution >= 0.6 is 0 Å². The molecule has 1 aromatic heterocycles. The quantitative estimate of drug-likeness (QED) is 0.187. The summed E-state index contributed by atoms with van der Waals surface area (Å²) < 4.78 is 14.5. The summed E-state index contributed by atoms with van der Waals surface area (Å²) in [5.74, 6) is 0.314. The summed E-state index contributed by atoms with van der Waals surface area (Å²) in [6, 6.07) is 48.3. The van der Waals surface area contributed by atoms with Gasteiger partial charge in [-0.1, -0.05) is 115 Å². The molecule has 0 N–H and O–H groups in total. The summed E-state index contributed by atoms with van der Waals surface area (Å²) in [4.78, 5) is 16.0. The van der Waals surface area contributed by atoms with Gasteiger partial charge in [0.1, 0.15) is 5.82 Å². The zero-order chi connectivity index (χ0) is 29.9. The summed E-state index contributed by atoms with van der Waals surface area (Å²) in [6.07, 6.45) is 0. The van der Waals surface area contributed by atoms with Crippen LogP contribution in [0.15, 0.2) is 152 Å². The second-order valence-electron chi connectivity index (χ2n) is 10.3. The van der Waals surface area contributed by atoms with Crippen LogP contribution in [0, 0.1) is 12.4 Å². The molecule has 5 heteroatoms. The standard InChI is InChI=1S/C39H25FN4/c1-41-31-22-24-32(25-23-31)44(35-20-9-8-18-33(35)29-16-10-17-30(40)26-29)36-21-11-19-34-37(27-12-4-2-5-13-27)42-39(43-38(34)36)28-14-6-3-7-15-28/h2-26H. The molecule has 1 heterocycles. The van der Waals surface area contributed by atoms with Gasteiger partial charge < -0.3 is 4.90 Å². The van der Waals surface area contributed by atoms with E-state index in [1.54, 1.807) is 12.1 Å². The minimum absolute atomic E-state index is 0.303. The molecule has 0 bridgehead atoms. The second-order valence-corrected chi connectivity index (χ2v) is 10.3. The summed E-state index contributed by atoms with van der Waals surface area (Å²) in [5.41, 5.74) is 8.19. The molecule has 0 fully saturated rings. The molecule has 0 saturated heterocycles. The van der Waals surface area contributed by atoms with Crippen LogP contribution in [0.1, 0.15) is 0 Å². The van der Waals surface area contributed by atoms with Crippen molar-refractivity contribution in [2.75, 3.05) is 4.90 Å². The van der Waals surface area contributed by atoms with Crippen molar-refractivity contribution in [3.8, 4) is 33.8 Å². The number of benzene rings is 6. The van der Waals surface area contributed by atoms with Gasteiger partial charge in [0.05, 0.1) is 29.2 Å². The molecule has 4 nitrogen and oxygen atoms in total. The molecular weight excluding hydrogens is 543 g/mol. The van der Waals surface area contributed by atoms with Crippen molar-refractivity contribution in [2.24, 2.45) is 0 Å². The maximum Gasteiger partial charge on any atom is 0.187 e. The molecule has 0 unspecified atom stereocenters. The number of aromatic nitrogens is 2. The van der Waals surface area contributed by atoms with Gasteiger partial charge in [0.15, 0.2) is 11.5 Å². The third-order valence-corrected chi connectivity index (χ3v) is 7.54. The Labute approximate surface area is 255 Å². The molecular formula is C39H25FN4. The van der Waals surface area contributed by atoms with E-state index >= 15 is 0 Å². The molecule has 7 aromatic rings. The van der Waals surface area contributed by atoms with Gasteiger partial charge in [0.2, 0.25) is 0 Å². The number of para-hydroxylation sites is 2. The van der Waals surface area contributed by atoms with E-state index in [1.807, 2.05) is 115 Å². The molecule has 0 aliphatic carbocycles. The molecule has 6 aromatic carbocycles. The average Bonchev–Trinajstić information content (AvgIpc) is 3.09. The maximum atomic E-state index is 14.5. The first-order valence-corrected chi connectivity index (χ1v) is 14.2. The first-order valence-electron chi connectivity index (χ1n) is 14.2. The van der Waals surface area contributed by atoms with Crippen LogP contribution in [0.5, 0.6) is 0 Å². The molecule has 0 aliphatic heterocycles. The minimum atomic E-state index is -0.303. The number of rotatable bonds is 6. The van der Waals surface area contributed by atoms with Crippen molar-refractivity contribution >= 4 is 33.7 Å². The number of anilines is 3. The Morgan fingerprint density at radius 3 is 1.93 bits per heavy atom. The zero-order valence-electron chi connectivity index (χ0n) is 23.6. The van der Waals surface area contributed by atoms with E-state index in [0.717, 1.165) is 55.9 Å². The van der Waals surface area contributed by atoms with E-state index in [4.69, 9.17) is 16.5 Å². The number of fused-ring (bicyclic) bond motifs is 1. The number of hydrogen-bond acceptors (Lipinski definition) is 3. The fourth-order valence-electron chi connectivity index (χ4n) is 5.50. The van der Waals surface area contributed by atoms with Crippen molar-refractivity contribution in [3.63, 3.8) is 0 Å². The Morgan fingerprint density at radius 2 is 1.20 bits per heavy atom. The summed E-state index contributed by atoms with van der Waals surface area (Å²) >= 11 is 0. The molecule has 0 radical (unpaired) electrons. The monoisotopic (exact) mass is 568 g/mol. The molecule has 0 spiro atoms. The lowest BCUT2D eigenvalue weighted by molar-refractivity contribution is 0.628. The third kappa shape index (κ3) is 5.06. The van der Waals surface area contributed by atoms with Gasteiger partial charge in [-0.05, 0) is 42.0 Å². The first kappa shape index (κ1) is 26.8. The Kier molecular flexibility index (Phi) is 7.08. The van der Waals surface area contributed by atoms with Gasteiger partial charge in [0, 0.05) is 27.8 Å². The molecule has 0 amide bonds. The van der Waals surface area contributed by atoms with E-state index in [0.29, 0.717) is 11.5 Å². The van der Waals surface area contributed by atoms with Crippen molar-refractivity contribution < 1.29 is 4.39 Å². The molecule has 0 aliphatic rings. The van der Waals surface area contributed by atoms with Gasteiger partial charge >= 0.3 is 0 Å². The van der Waals surface area contributed by atoms with Gasteiger partial charge in [-0.15, -0.1) is 0 Å². The number of halogens is 1. The van der Waals surface area contributed by atoms with Crippen molar-refractivity contribution in [3.05, 3.63) is 169 Å². The summed E-state index contributed by atoms with van der Waals surface area (Å²) in [5, 5.41) is 0.902. The lowest BCUT2D eigenvalue weighted by Gasteiger charge is -2.29. The first-order chi connectivity index (χ1) is 21.7. The van der Waals surface area contributed by atoms with E-state index in [-0.39, 0.29) is 5.82 Å². The highest BCUT2D eigenvalue weighted by molar-refractivity contribution is 6.04. The van der Waals surface area contributed by atoms with Crippen LogP contribution < -0.4 is 4.90 Å². The highest BCUT2D eigenvalue weighted by Crippen LogP contribution is 2.44. The lowest BCUT2D eigenvalue weighted by Crippen LogP contribution is -2.12. The highest BCUT2D eigenvalue weighted by Gasteiger charge is 2.22. The largest absolute Gasteiger partial charge is 0.308 e. The van der Waals surface area contributed by atoms with E-state index < -0.39 is 0 Å². The van der Waals surface area contributed by atoms with Crippen LogP contribution in [-0.4, -0.2) is 9.97 Å². The van der Waals surface area contributed by atoms with Crippen molar-refractivity contribution in [2.45, 2.75) is 0 Å². The van der Waals surface area contributed by atoms with Crippen LogP contribution in [0.4, 0.5) is 27.1 Å². The average molecular weight is 569 g/mol. The smallest absolute Gasteiger partial charge is 0.187 e. The van der Waals surface area contributed by atoms with Crippen LogP contribution in [0.3, 0.4) is 0 Å². The van der Waals surface area contributed by atoms with E-state index in [9.17, 15) is 4.39 Å². The fourth-order valence-corrected chi connectivity index (χ4v) is 5.50. The number of nitrogens with zero attached hydrogens (tertiary/aromatic N) is 4. The topological polar surface area (TPSA) is 33.4 Å². The number of hydrogen-bond donors (Lipinski definition) is 0. The van der Waals surface area contributed by atoms with Crippen molar-refractivity contribution in [1.82, 2.24) is 9.97 Å². The Bertz CT molecular complexity index is 2140. The van der Waals surface area contributed by atoms with Gasteiger partial charge in [-0.3, -0.25) is 0 Å². The fraction of sp³-hybridized carbons (Fsp3) is 0. The Balaban J connectivity index is 1.55. The van der Waals surface area contributed by atoms with E-state index in [2.05, 4.69) is 27.9 Å². The van der Waals surface area contributed by atoms with Gasteiger partial charge in [-0.25, -0.2) is 19.2 Å². The summed E-state index contributed by atoms with van der Waals surface area (Å²) in [6.45, 7) is 7.49. The Morgan fingerprint density at radius 1 is 0.568 bits per heavy atom. The molecule has 0 saturated carbocycles. The highest BCUT2D eigenvalue weighted by atomic mass is 19.1.